The highest BCUT2D eigenvalue weighted by Gasteiger charge is 2.38. The van der Waals surface area contributed by atoms with Gasteiger partial charge in [0.05, 0.1) is 28.5 Å². The number of carboxylic acid groups (broad SMARTS) is 1. The van der Waals surface area contributed by atoms with Crippen molar-refractivity contribution in [2.75, 3.05) is 12.9 Å². The van der Waals surface area contributed by atoms with Gasteiger partial charge >= 0.3 is 12.1 Å². The Kier molecular flexibility index (Phi) is 6.72. The highest BCUT2D eigenvalue weighted by molar-refractivity contribution is 7.90. The van der Waals surface area contributed by atoms with E-state index < -0.39 is 22.0 Å². The number of H-pyrrole nitrogens is 1. The van der Waals surface area contributed by atoms with E-state index in [1.165, 1.54) is 6.26 Å². The Labute approximate surface area is 203 Å². The number of aromatic nitrogens is 3. The number of alkyl halides is 3. The Morgan fingerprint density at radius 1 is 1.08 bits per heavy atom. The molecule has 0 amide bonds. The summed E-state index contributed by atoms with van der Waals surface area (Å²) in [6, 6.07) is 15.1. The summed E-state index contributed by atoms with van der Waals surface area (Å²) in [6.45, 7) is 0.502. The molecule has 1 aliphatic rings. The summed E-state index contributed by atoms with van der Waals surface area (Å²) in [5.41, 5.74) is 4.94. The van der Waals surface area contributed by atoms with E-state index in [1.807, 2.05) is 24.3 Å². The molecule has 4 aromatic rings. The predicted molar refractivity (Wildman–Crippen MR) is 125 cm³/mol. The van der Waals surface area contributed by atoms with Crippen LogP contribution in [-0.2, 0) is 21.1 Å². The molecule has 0 fully saturated rings. The van der Waals surface area contributed by atoms with Crippen LogP contribution in [0.5, 0.6) is 5.75 Å². The third kappa shape index (κ3) is 5.65. The lowest BCUT2D eigenvalue weighted by molar-refractivity contribution is -0.192. The van der Waals surface area contributed by atoms with E-state index in [1.54, 1.807) is 30.6 Å². The predicted octanol–water partition coefficient (Wildman–Crippen LogP) is 4.38. The number of fused-ring (bicyclic) bond motifs is 2. The molecule has 188 valence electrons. The molecule has 12 heteroatoms. The number of hydrogen-bond donors (Lipinski definition) is 2. The number of pyridine rings is 1. The summed E-state index contributed by atoms with van der Waals surface area (Å²) in [7, 11) is -3.25. The first kappa shape index (κ1) is 25.2. The number of nitrogens with zero attached hydrogens (tertiary/aromatic N) is 2. The molecule has 0 bridgehead atoms. The molecule has 0 radical (unpaired) electrons. The lowest BCUT2D eigenvalue weighted by atomic mass is 9.96. The molecule has 2 N–H and O–H groups in total. The molecule has 36 heavy (non-hydrogen) atoms. The van der Waals surface area contributed by atoms with Crippen LogP contribution in [0.2, 0.25) is 0 Å². The second kappa shape index (κ2) is 9.61. The Bertz CT molecular complexity index is 1520. The van der Waals surface area contributed by atoms with E-state index >= 15 is 0 Å². The molecule has 2 aromatic carbocycles. The minimum Gasteiger partial charge on any atom is -0.493 e. The van der Waals surface area contributed by atoms with Gasteiger partial charge in [-0.2, -0.15) is 13.2 Å². The molecule has 1 unspecified atom stereocenters. The summed E-state index contributed by atoms with van der Waals surface area (Å²) < 4.78 is 61.4. The number of sulfone groups is 1. The van der Waals surface area contributed by atoms with Gasteiger partial charge < -0.3 is 14.8 Å². The number of rotatable bonds is 3. The summed E-state index contributed by atoms with van der Waals surface area (Å²) in [4.78, 5) is 21.4. The fourth-order valence-electron chi connectivity index (χ4n) is 3.72. The maximum atomic E-state index is 11.9. The van der Waals surface area contributed by atoms with Gasteiger partial charge in [0.15, 0.2) is 9.84 Å². The number of carboxylic acids is 1. The molecule has 3 heterocycles. The van der Waals surface area contributed by atoms with Gasteiger partial charge in [-0.15, -0.1) is 0 Å². The molecular weight excluding hydrogens is 499 g/mol. The first-order valence-electron chi connectivity index (χ1n) is 10.6. The van der Waals surface area contributed by atoms with Crippen LogP contribution in [0.25, 0.3) is 22.2 Å². The van der Waals surface area contributed by atoms with Crippen molar-refractivity contribution in [1.29, 1.82) is 0 Å². The number of carbonyl (C=O) groups is 1. The average molecular weight is 520 g/mol. The molecule has 0 aliphatic carbocycles. The zero-order valence-corrected chi connectivity index (χ0v) is 19.6. The number of halogens is 3. The summed E-state index contributed by atoms with van der Waals surface area (Å²) in [5, 5.41) is 7.12. The average Bonchev–Trinajstić information content (AvgIpc) is 3.26. The summed E-state index contributed by atoms with van der Waals surface area (Å²) >= 11 is 0. The van der Waals surface area contributed by atoms with Crippen LogP contribution < -0.4 is 4.74 Å². The van der Waals surface area contributed by atoms with Crippen molar-refractivity contribution in [3.05, 3.63) is 72.3 Å². The van der Waals surface area contributed by atoms with Gasteiger partial charge in [0, 0.05) is 18.6 Å². The van der Waals surface area contributed by atoms with Crippen molar-refractivity contribution in [3.8, 4) is 16.9 Å². The van der Waals surface area contributed by atoms with Crippen LogP contribution in [0.1, 0.15) is 17.3 Å². The second-order valence-corrected chi connectivity index (χ2v) is 10.2. The van der Waals surface area contributed by atoms with Gasteiger partial charge in [0.1, 0.15) is 11.6 Å². The van der Waals surface area contributed by atoms with Gasteiger partial charge in [-0.05, 0) is 65.6 Å². The van der Waals surface area contributed by atoms with Crippen molar-refractivity contribution >= 4 is 26.8 Å². The minimum atomic E-state index is -5.08. The maximum Gasteiger partial charge on any atom is 0.490 e. The Morgan fingerprint density at radius 3 is 2.42 bits per heavy atom. The van der Waals surface area contributed by atoms with Crippen molar-refractivity contribution < 1.29 is 36.2 Å². The first-order chi connectivity index (χ1) is 16.9. The smallest absolute Gasteiger partial charge is 0.490 e. The lowest BCUT2D eigenvalue weighted by Gasteiger charge is -2.24. The van der Waals surface area contributed by atoms with Crippen molar-refractivity contribution in [1.82, 2.24) is 15.0 Å². The number of aromatic amines is 1. The lowest BCUT2D eigenvalue weighted by Crippen LogP contribution is -2.21. The van der Waals surface area contributed by atoms with E-state index in [4.69, 9.17) is 19.6 Å². The van der Waals surface area contributed by atoms with Crippen LogP contribution in [0.15, 0.2) is 65.8 Å². The topological polar surface area (TPSA) is 122 Å². The molecular formula is C24H20F3N3O5S. The molecule has 5 rings (SSSR count). The number of imidazole rings is 1. The second-order valence-electron chi connectivity index (χ2n) is 8.15. The monoisotopic (exact) mass is 519 g/mol. The molecule has 1 atom stereocenters. The molecule has 0 saturated heterocycles. The van der Waals surface area contributed by atoms with Crippen molar-refractivity contribution in [2.45, 2.75) is 23.4 Å². The number of hydrogen-bond acceptors (Lipinski definition) is 6. The van der Waals surface area contributed by atoms with Crippen LogP contribution in [0.3, 0.4) is 0 Å². The first-order valence-corrected chi connectivity index (χ1v) is 12.5. The number of ether oxygens (including phenoxy) is 1. The highest BCUT2D eigenvalue weighted by Crippen LogP contribution is 2.34. The summed E-state index contributed by atoms with van der Waals surface area (Å²) in [6.07, 6.45) is 0.365. The van der Waals surface area contributed by atoms with Crippen molar-refractivity contribution in [3.63, 3.8) is 0 Å². The number of aliphatic carboxylic acids is 1. The van der Waals surface area contributed by atoms with Crippen LogP contribution >= 0.6 is 0 Å². The summed E-state index contributed by atoms with van der Waals surface area (Å²) in [5.74, 6) is -1.13. The zero-order chi connectivity index (χ0) is 26.1. The molecule has 1 aliphatic heterocycles. The SMILES string of the molecule is CS(=O)(=O)c1ccc2c(c1)CC(c1nc3ccc(-c4ccncc4)cc3[nH]1)CO2.O=C(O)C(F)(F)F. The fraction of sp³-hybridized carbons (Fsp3) is 0.208. The van der Waals surface area contributed by atoms with E-state index in [0.29, 0.717) is 17.9 Å². The maximum absolute atomic E-state index is 11.9. The van der Waals surface area contributed by atoms with Gasteiger partial charge in [-0.25, -0.2) is 18.2 Å². The highest BCUT2D eigenvalue weighted by atomic mass is 32.2. The largest absolute Gasteiger partial charge is 0.493 e. The number of benzene rings is 2. The fourth-order valence-corrected chi connectivity index (χ4v) is 4.40. The van der Waals surface area contributed by atoms with Gasteiger partial charge in [-0.3, -0.25) is 4.98 Å². The number of nitrogens with one attached hydrogen (secondary N) is 1. The van der Waals surface area contributed by atoms with E-state index in [-0.39, 0.29) is 5.92 Å². The quantitative estimate of drug-likeness (QED) is 0.412. The molecule has 2 aromatic heterocycles. The van der Waals surface area contributed by atoms with Gasteiger partial charge in [-0.1, -0.05) is 6.07 Å². The van der Waals surface area contributed by atoms with Crippen LogP contribution in [0, 0.1) is 0 Å². The Morgan fingerprint density at radius 2 is 1.78 bits per heavy atom. The van der Waals surface area contributed by atoms with Crippen molar-refractivity contribution in [2.24, 2.45) is 0 Å². The van der Waals surface area contributed by atoms with E-state index in [0.717, 1.165) is 39.3 Å². The van der Waals surface area contributed by atoms with E-state index in [2.05, 4.69) is 16.0 Å². The van der Waals surface area contributed by atoms with Crippen LogP contribution in [0.4, 0.5) is 13.2 Å². The molecule has 8 nitrogen and oxygen atoms in total. The third-order valence-corrected chi connectivity index (χ3v) is 6.62. The third-order valence-electron chi connectivity index (χ3n) is 5.51. The molecule has 0 spiro atoms. The van der Waals surface area contributed by atoms with E-state index in [9.17, 15) is 21.6 Å². The van der Waals surface area contributed by atoms with Crippen LogP contribution in [-0.4, -0.2) is 53.5 Å². The zero-order valence-electron chi connectivity index (χ0n) is 18.8. The Hall–Kier alpha value is -3.93. The van der Waals surface area contributed by atoms with Gasteiger partial charge in [0.25, 0.3) is 0 Å². The standard InChI is InChI=1S/C22H19N3O3S.C2HF3O2/c1-29(26,27)18-3-5-21-16(11-18)10-17(13-28-21)22-24-19-4-2-15(12-20(19)25-22)14-6-8-23-9-7-14;3-2(4,5)1(6)7/h2-9,11-12,17H,10,13H2,1H3,(H,24,25);(H,6,7). The van der Waals surface area contributed by atoms with Gasteiger partial charge in [0.2, 0.25) is 0 Å². The normalized spacial score (nSPS) is 15.4. The molecule has 0 saturated carbocycles. The Balaban J connectivity index is 0.000000384. The minimum absolute atomic E-state index is 0.0362.